The van der Waals surface area contributed by atoms with Gasteiger partial charge >= 0.3 is 5.97 Å². The summed E-state index contributed by atoms with van der Waals surface area (Å²) in [7, 11) is 0. The normalized spacial score (nSPS) is 13.8. The Bertz CT molecular complexity index is 888. The second-order valence-corrected chi connectivity index (χ2v) is 9.24. The van der Waals surface area contributed by atoms with Crippen LogP contribution in [0.4, 0.5) is 5.00 Å². The quantitative estimate of drug-likeness (QED) is 0.361. The van der Waals surface area contributed by atoms with Crippen molar-refractivity contribution in [2.45, 2.75) is 72.3 Å². The first kappa shape index (κ1) is 22.7. The van der Waals surface area contributed by atoms with Crippen molar-refractivity contribution >= 4 is 39.6 Å². The molecule has 0 unspecified atom stereocenters. The monoisotopic (exact) mass is 448 g/mol. The van der Waals surface area contributed by atoms with Gasteiger partial charge in [-0.3, -0.25) is 4.68 Å². The molecule has 164 valence electrons. The second-order valence-electron chi connectivity index (χ2n) is 7.73. The molecule has 6 nitrogen and oxygen atoms in total. The lowest BCUT2D eigenvalue weighted by atomic mass is 9.96. The van der Waals surface area contributed by atoms with E-state index in [1.807, 2.05) is 18.5 Å². The number of fused-ring (bicyclic) bond motifs is 1. The van der Waals surface area contributed by atoms with Crippen molar-refractivity contribution in [3.05, 3.63) is 33.5 Å². The summed E-state index contributed by atoms with van der Waals surface area (Å²) in [6.07, 6.45) is 7.63. The molecule has 0 fully saturated rings. The number of carbonyl (C=O) groups excluding carboxylic acids is 1. The Morgan fingerprint density at radius 1 is 1.27 bits per heavy atom. The van der Waals surface area contributed by atoms with Crippen molar-refractivity contribution < 1.29 is 9.53 Å². The minimum absolute atomic E-state index is 0.245. The van der Waals surface area contributed by atoms with Gasteiger partial charge in [-0.25, -0.2) is 4.79 Å². The summed E-state index contributed by atoms with van der Waals surface area (Å²) in [4.78, 5) is 14.0. The van der Waals surface area contributed by atoms with Crippen LogP contribution in [0.1, 0.15) is 71.2 Å². The third kappa shape index (κ3) is 5.82. The Morgan fingerprint density at radius 3 is 2.73 bits per heavy atom. The molecule has 0 aromatic carbocycles. The number of aromatic nitrogens is 2. The molecule has 30 heavy (non-hydrogen) atoms. The van der Waals surface area contributed by atoms with Crippen LogP contribution in [0, 0.1) is 13.8 Å². The molecule has 0 amide bonds. The maximum absolute atomic E-state index is 12.7. The van der Waals surface area contributed by atoms with Gasteiger partial charge in [0.2, 0.25) is 0 Å². The standard InChI is InChI=1S/C22H32N4O2S2/c1-4-28-21(27)19-17-10-7-5-6-8-11-18(17)30-20(19)24-22(29)23-12-9-13-26-16(3)14-15(2)25-26/h14H,4-13H2,1-3H3,(H2,23,24,29). The molecule has 0 bridgehead atoms. The number of esters is 1. The molecule has 0 saturated carbocycles. The number of thiophene rings is 1. The van der Waals surface area contributed by atoms with Gasteiger partial charge in [0.1, 0.15) is 5.00 Å². The van der Waals surface area contributed by atoms with Crippen LogP contribution in [0.3, 0.4) is 0 Å². The molecule has 3 rings (SSSR count). The number of hydrogen-bond acceptors (Lipinski definition) is 5. The van der Waals surface area contributed by atoms with Crippen LogP contribution in [0.2, 0.25) is 0 Å². The van der Waals surface area contributed by atoms with E-state index >= 15 is 0 Å². The highest BCUT2D eigenvalue weighted by Gasteiger charge is 2.25. The molecule has 0 aliphatic heterocycles. The van der Waals surface area contributed by atoms with Gasteiger partial charge in [-0.2, -0.15) is 5.10 Å². The van der Waals surface area contributed by atoms with Gasteiger partial charge in [-0.05, 0) is 76.7 Å². The van der Waals surface area contributed by atoms with Crippen LogP contribution in [0.5, 0.6) is 0 Å². The van der Waals surface area contributed by atoms with Crippen LogP contribution >= 0.6 is 23.6 Å². The molecule has 0 saturated heterocycles. The molecule has 2 aromatic heterocycles. The average Bonchev–Trinajstić information content (AvgIpc) is 3.17. The van der Waals surface area contributed by atoms with E-state index in [0.717, 1.165) is 55.0 Å². The molecule has 0 spiro atoms. The van der Waals surface area contributed by atoms with Crippen molar-refractivity contribution in [3.63, 3.8) is 0 Å². The largest absolute Gasteiger partial charge is 0.462 e. The lowest BCUT2D eigenvalue weighted by molar-refractivity contribution is 0.0526. The first-order valence-corrected chi connectivity index (χ1v) is 12.1. The number of anilines is 1. The Balaban J connectivity index is 1.62. The summed E-state index contributed by atoms with van der Waals surface area (Å²) in [5.74, 6) is -0.245. The number of carbonyl (C=O) groups is 1. The third-order valence-electron chi connectivity index (χ3n) is 5.31. The molecule has 0 atom stereocenters. The molecule has 1 aliphatic rings. The van der Waals surface area contributed by atoms with Gasteiger partial charge in [0.25, 0.3) is 0 Å². The fraction of sp³-hybridized carbons (Fsp3) is 0.591. The first-order chi connectivity index (χ1) is 14.5. The zero-order valence-electron chi connectivity index (χ0n) is 18.2. The number of thiocarbonyl (C=S) groups is 1. The van der Waals surface area contributed by atoms with E-state index in [1.165, 1.54) is 29.8 Å². The van der Waals surface area contributed by atoms with Crippen LogP contribution in [-0.2, 0) is 24.1 Å². The zero-order chi connectivity index (χ0) is 21.5. The summed E-state index contributed by atoms with van der Waals surface area (Å²) in [5.41, 5.74) is 4.05. The second kappa shape index (κ2) is 10.9. The van der Waals surface area contributed by atoms with Crippen LogP contribution in [-0.4, -0.2) is 34.0 Å². The lowest BCUT2D eigenvalue weighted by Gasteiger charge is -2.13. The third-order valence-corrected chi connectivity index (χ3v) is 6.77. The van der Waals surface area contributed by atoms with Crippen LogP contribution < -0.4 is 10.6 Å². The van der Waals surface area contributed by atoms with E-state index in [9.17, 15) is 4.79 Å². The summed E-state index contributed by atoms with van der Waals surface area (Å²) >= 11 is 7.17. The highest BCUT2D eigenvalue weighted by molar-refractivity contribution is 7.80. The predicted molar refractivity (Wildman–Crippen MR) is 127 cm³/mol. The highest BCUT2D eigenvalue weighted by Crippen LogP contribution is 2.37. The smallest absolute Gasteiger partial charge is 0.341 e. The van der Waals surface area contributed by atoms with Gasteiger partial charge in [-0.15, -0.1) is 11.3 Å². The number of ether oxygens (including phenoxy) is 1. The Kier molecular flexibility index (Phi) is 8.27. The predicted octanol–water partition coefficient (Wildman–Crippen LogP) is 4.77. The molecule has 2 heterocycles. The maximum Gasteiger partial charge on any atom is 0.341 e. The van der Waals surface area contributed by atoms with Crippen LogP contribution in [0.15, 0.2) is 6.07 Å². The van der Waals surface area contributed by atoms with E-state index in [0.29, 0.717) is 17.3 Å². The van der Waals surface area contributed by atoms with Crippen LogP contribution in [0.25, 0.3) is 0 Å². The summed E-state index contributed by atoms with van der Waals surface area (Å²) in [6.45, 7) is 7.88. The molecule has 0 radical (unpaired) electrons. The number of aryl methyl sites for hydroxylation is 4. The molecular formula is C22H32N4O2S2. The minimum atomic E-state index is -0.245. The Labute approximate surface area is 188 Å². The van der Waals surface area contributed by atoms with E-state index in [1.54, 1.807) is 11.3 Å². The van der Waals surface area contributed by atoms with Crippen molar-refractivity contribution in [2.75, 3.05) is 18.5 Å². The molecule has 1 aliphatic carbocycles. The molecule has 8 heteroatoms. The van der Waals surface area contributed by atoms with Crippen molar-refractivity contribution in [2.24, 2.45) is 0 Å². The summed E-state index contributed by atoms with van der Waals surface area (Å²) in [5, 5.41) is 12.4. The van der Waals surface area contributed by atoms with Gasteiger partial charge in [0.15, 0.2) is 5.11 Å². The number of nitrogens with one attached hydrogen (secondary N) is 2. The Morgan fingerprint density at radius 2 is 2.03 bits per heavy atom. The Hall–Kier alpha value is -1.93. The fourth-order valence-corrected chi connectivity index (χ4v) is 5.46. The number of rotatable bonds is 7. The van der Waals surface area contributed by atoms with E-state index in [4.69, 9.17) is 17.0 Å². The zero-order valence-corrected chi connectivity index (χ0v) is 19.8. The van der Waals surface area contributed by atoms with E-state index in [2.05, 4.69) is 28.7 Å². The highest BCUT2D eigenvalue weighted by atomic mass is 32.1. The summed E-state index contributed by atoms with van der Waals surface area (Å²) in [6, 6.07) is 2.08. The summed E-state index contributed by atoms with van der Waals surface area (Å²) < 4.78 is 7.38. The number of hydrogen-bond donors (Lipinski definition) is 2. The van der Waals surface area contributed by atoms with Gasteiger partial charge in [0, 0.05) is 23.7 Å². The van der Waals surface area contributed by atoms with E-state index in [-0.39, 0.29) is 5.97 Å². The van der Waals surface area contributed by atoms with Crippen molar-refractivity contribution in [1.29, 1.82) is 0 Å². The van der Waals surface area contributed by atoms with Gasteiger partial charge in [-0.1, -0.05) is 12.8 Å². The van der Waals surface area contributed by atoms with Crippen molar-refractivity contribution in [1.82, 2.24) is 15.1 Å². The van der Waals surface area contributed by atoms with Gasteiger partial charge < -0.3 is 15.4 Å². The van der Waals surface area contributed by atoms with Gasteiger partial charge in [0.05, 0.1) is 17.9 Å². The SMILES string of the molecule is CCOC(=O)c1c(NC(=S)NCCCn2nc(C)cc2C)sc2c1CCCCCC2. The lowest BCUT2D eigenvalue weighted by Crippen LogP contribution is -2.30. The van der Waals surface area contributed by atoms with E-state index < -0.39 is 0 Å². The minimum Gasteiger partial charge on any atom is -0.462 e. The molecule has 2 aromatic rings. The maximum atomic E-state index is 12.7. The van der Waals surface area contributed by atoms with Crippen molar-refractivity contribution in [3.8, 4) is 0 Å². The number of nitrogens with zero attached hydrogens (tertiary/aromatic N) is 2. The average molecular weight is 449 g/mol. The molecular weight excluding hydrogens is 416 g/mol. The topological polar surface area (TPSA) is 68.2 Å². The first-order valence-electron chi connectivity index (χ1n) is 10.9. The fourth-order valence-electron chi connectivity index (χ4n) is 3.91. The molecule has 2 N–H and O–H groups in total.